The molecule has 0 aliphatic heterocycles. The number of aryl methyl sites for hydroxylation is 2. The first-order chi connectivity index (χ1) is 8.67. The Balaban J connectivity index is 2.49. The van der Waals surface area contributed by atoms with E-state index in [0.717, 1.165) is 6.54 Å². The summed E-state index contributed by atoms with van der Waals surface area (Å²) in [5.41, 5.74) is 4.21. The maximum Gasteiger partial charge on any atom is 0.0210 e. The van der Waals surface area contributed by atoms with E-state index in [1.165, 1.54) is 48.8 Å². The van der Waals surface area contributed by atoms with E-state index in [2.05, 4.69) is 51.2 Å². The fourth-order valence-electron chi connectivity index (χ4n) is 2.45. The molecule has 0 fully saturated rings. The second-order valence-electron chi connectivity index (χ2n) is 5.44. The summed E-state index contributed by atoms with van der Waals surface area (Å²) in [7, 11) is 0. The maximum atomic E-state index is 3.73. The van der Waals surface area contributed by atoms with Crippen molar-refractivity contribution in [3.05, 3.63) is 34.9 Å². The lowest BCUT2D eigenvalue weighted by Gasteiger charge is -2.18. The van der Waals surface area contributed by atoms with Crippen molar-refractivity contribution in [3.8, 4) is 0 Å². The van der Waals surface area contributed by atoms with Crippen LogP contribution in [0, 0.1) is 13.8 Å². The molecule has 1 N–H and O–H groups in total. The molecule has 1 nitrogen and oxygen atoms in total. The van der Waals surface area contributed by atoms with Gasteiger partial charge in [0.25, 0.3) is 0 Å². The van der Waals surface area contributed by atoms with Gasteiger partial charge in [0.2, 0.25) is 0 Å². The third-order valence-electron chi connectivity index (χ3n) is 3.62. The summed E-state index contributed by atoms with van der Waals surface area (Å²) in [4.78, 5) is 0. The Morgan fingerprint density at radius 1 is 1.06 bits per heavy atom. The van der Waals surface area contributed by atoms with Crippen LogP contribution in [0.25, 0.3) is 0 Å². The van der Waals surface area contributed by atoms with E-state index in [4.69, 9.17) is 0 Å². The number of hydrogen-bond donors (Lipinski definition) is 1. The van der Waals surface area contributed by atoms with E-state index in [1.54, 1.807) is 0 Å². The number of hydrogen-bond acceptors (Lipinski definition) is 1. The molecule has 0 saturated heterocycles. The molecule has 1 rings (SSSR count). The summed E-state index contributed by atoms with van der Waals surface area (Å²) in [5, 5.41) is 3.73. The van der Waals surface area contributed by atoms with Crippen molar-refractivity contribution in [1.82, 2.24) is 5.32 Å². The highest BCUT2D eigenvalue weighted by molar-refractivity contribution is 5.30. The second kappa shape index (κ2) is 8.31. The molecule has 0 aliphatic rings. The van der Waals surface area contributed by atoms with E-state index in [0.29, 0.717) is 6.04 Å². The highest BCUT2D eigenvalue weighted by Gasteiger charge is 2.07. The van der Waals surface area contributed by atoms with E-state index < -0.39 is 0 Å². The first kappa shape index (κ1) is 15.2. The van der Waals surface area contributed by atoms with E-state index in [-0.39, 0.29) is 0 Å². The Hall–Kier alpha value is -0.820. The number of rotatable bonds is 8. The lowest BCUT2D eigenvalue weighted by atomic mass is 10.0. The molecular formula is C17H29N. The monoisotopic (exact) mass is 247 g/mol. The van der Waals surface area contributed by atoms with Gasteiger partial charge in [-0.1, -0.05) is 56.9 Å². The van der Waals surface area contributed by atoms with E-state index in [1.807, 2.05) is 0 Å². The Labute approximate surface area is 113 Å². The van der Waals surface area contributed by atoms with Gasteiger partial charge in [0.1, 0.15) is 0 Å². The van der Waals surface area contributed by atoms with Gasteiger partial charge in [-0.2, -0.15) is 0 Å². The molecule has 1 heteroatoms. The molecule has 0 bridgehead atoms. The van der Waals surface area contributed by atoms with Gasteiger partial charge in [-0.15, -0.1) is 0 Å². The molecule has 0 aromatic heterocycles. The zero-order valence-corrected chi connectivity index (χ0v) is 12.6. The third kappa shape index (κ3) is 5.22. The number of nitrogens with one attached hydrogen (secondary N) is 1. The molecule has 102 valence electrons. The summed E-state index contributed by atoms with van der Waals surface area (Å²) in [6.07, 6.45) is 6.52. The third-order valence-corrected chi connectivity index (χ3v) is 3.62. The van der Waals surface area contributed by atoms with Crippen LogP contribution in [0.1, 0.15) is 62.6 Å². The van der Waals surface area contributed by atoms with Gasteiger partial charge in [-0.3, -0.25) is 0 Å². The van der Waals surface area contributed by atoms with Crippen LogP contribution >= 0.6 is 0 Å². The van der Waals surface area contributed by atoms with Crippen molar-refractivity contribution < 1.29 is 0 Å². The van der Waals surface area contributed by atoms with Crippen molar-refractivity contribution >= 4 is 0 Å². The van der Waals surface area contributed by atoms with Crippen LogP contribution < -0.4 is 5.32 Å². The average Bonchev–Trinajstić information content (AvgIpc) is 2.34. The summed E-state index contributed by atoms with van der Waals surface area (Å²) in [5.74, 6) is 0. The van der Waals surface area contributed by atoms with Gasteiger partial charge in [-0.25, -0.2) is 0 Å². The first-order valence-electron chi connectivity index (χ1n) is 7.46. The Morgan fingerprint density at radius 3 is 2.44 bits per heavy atom. The van der Waals surface area contributed by atoms with Crippen molar-refractivity contribution in [2.45, 2.75) is 72.4 Å². The molecule has 0 aliphatic carbocycles. The molecule has 18 heavy (non-hydrogen) atoms. The smallest absolute Gasteiger partial charge is 0.0210 e. The fourth-order valence-corrected chi connectivity index (χ4v) is 2.45. The Morgan fingerprint density at radius 2 is 1.83 bits per heavy atom. The quantitative estimate of drug-likeness (QED) is 0.699. The lowest BCUT2D eigenvalue weighted by Crippen LogP contribution is -2.28. The largest absolute Gasteiger partial charge is 0.310 e. The minimum absolute atomic E-state index is 0.690. The zero-order valence-electron chi connectivity index (χ0n) is 12.6. The Kier molecular flexibility index (Phi) is 7.04. The van der Waals surface area contributed by atoms with Crippen molar-refractivity contribution in [2.24, 2.45) is 0 Å². The molecule has 0 radical (unpaired) electrons. The van der Waals surface area contributed by atoms with Crippen LogP contribution in [0.3, 0.4) is 0 Å². The highest BCUT2D eigenvalue weighted by Crippen LogP contribution is 2.12. The topological polar surface area (TPSA) is 12.0 Å². The van der Waals surface area contributed by atoms with Crippen LogP contribution in [0.5, 0.6) is 0 Å². The van der Waals surface area contributed by atoms with Gasteiger partial charge >= 0.3 is 0 Å². The molecule has 0 amide bonds. The second-order valence-corrected chi connectivity index (χ2v) is 5.44. The fraction of sp³-hybridized carbons (Fsp3) is 0.647. The SMILES string of the molecule is CCCCC(CCC)NCc1ccc(C)cc1C. The van der Waals surface area contributed by atoms with Gasteiger partial charge in [0.15, 0.2) is 0 Å². The molecule has 1 aromatic carbocycles. The van der Waals surface area contributed by atoms with Crippen LogP contribution in [-0.4, -0.2) is 6.04 Å². The molecule has 0 spiro atoms. The summed E-state index contributed by atoms with van der Waals surface area (Å²) >= 11 is 0. The minimum Gasteiger partial charge on any atom is -0.310 e. The van der Waals surface area contributed by atoms with Crippen molar-refractivity contribution in [3.63, 3.8) is 0 Å². The van der Waals surface area contributed by atoms with Crippen molar-refractivity contribution in [2.75, 3.05) is 0 Å². The van der Waals surface area contributed by atoms with Gasteiger partial charge in [0.05, 0.1) is 0 Å². The van der Waals surface area contributed by atoms with E-state index in [9.17, 15) is 0 Å². The average molecular weight is 247 g/mol. The van der Waals surface area contributed by atoms with Crippen LogP contribution in [0.4, 0.5) is 0 Å². The first-order valence-corrected chi connectivity index (χ1v) is 7.46. The van der Waals surface area contributed by atoms with Gasteiger partial charge < -0.3 is 5.32 Å². The highest BCUT2D eigenvalue weighted by atomic mass is 14.9. The molecule has 1 unspecified atom stereocenters. The summed E-state index contributed by atoms with van der Waals surface area (Å²) in [6, 6.07) is 7.44. The predicted molar refractivity (Wildman–Crippen MR) is 81.0 cm³/mol. The lowest BCUT2D eigenvalue weighted by molar-refractivity contribution is 0.433. The van der Waals surface area contributed by atoms with Gasteiger partial charge in [-0.05, 0) is 37.8 Å². The van der Waals surface area contributed by atoms with Crippen LogP contribution in [-0.2, 0) is 6.54 Å². The molecule has 1 atom stereocenters. The molecule has 0 heterocycles. The van der Waals surface area contributed by atoms with E-state index >= 15 is 0 Å². The molecule has 0 saturated carbocycles. The van der Waals surface area contributed by atoms with Crippen LogP contribution in [0.15, 0.2) is 18.2 Å². The molecular weight excluding hydrogens is 218 g/mol. The van der Waals surface area contributed by atoms with Gasteiger partial charge in [0, 0.05) is 12.6 Å². The minimum atomic E-state index is 0.690. The predicted octanol–water partition coefficient (Wildman–Crippen LogP) is 4.75. The van der Waals surface area contributed by atoms with Crippen LogP contribution in [0.2, 0.25) is 0 Å². The number of unbranched alkanes of at least 4 members (excludes halogenated alkanes) is 1. The Bertz CT molecular complexity index is 343. The normalized spacial score (nSPS) is 12.7. The van der Waals surface area contributed by atoms with Crippen molar-refractivity contribution in [1.29, 1.82) is 0 Å². The summed E-state index contributed by atoms with van der Waals surface area (Å²) in [6.45, 7) is 9.93. The zero-order chi connectivity index (χ0) is 13.4. The number of benzene rings is 1. The molecule has 1 aromatic rings. The standard InChI is InChI=1S/C17H29N/c1-5-7-9-17(8-6-2)18-13-16-11-10-14(3)12-15(16)4/h10-12,17-18H,5-9,13H2,1-4H3. The summed E-state index contributed by atoms with van der Waals surface area (Å²) < 4.78 is 0. The maximum absolute atomic E-state index is 3.73.